The highest BCUT2D eigenvalue weighted by Gasteiger charge is 2.44. The van der Waals surface area contributed by atoms with Gasteiger partial charge in [0.15, 0.2) is 0 Å². The molecule has 7 heteroatoms. The number of likely N-dealkylation sites (N-methyl/N-ethyl adjacent to an activating group) is 1. The van der Waals surface area contributed by atoms with E-state index in [1.165, 1.54) is 18.2 Å². The average molecular weight is 274 g/mol. The van der Waals surface area contributed by atoms with Gasteiger partial charge in [-0.2, -0.15) is 13.2 Å². The molecule has 2 atom stereocenters. The van der Waals surface area contributed by atoms with Crippen LogP contribution in [0.3, 0.4) is 0 Å². The first-order chi connectivity index (χ1) is 8.80. The molecule has 19 heavy (non-hydrogen) atoms. The Bertz CT molecular complexity index is 490. The Morgan fingerprint density at radius 1 is 1.32 bits per heavy atom. The highest BCUT2D eigenvalue weighted by atomic mass is 19.4. The third-order valence-electron chi connectivity index (χ3n) is 3.41. The number of likely N-dealkylation sites (tertiary alicyclic amines) is 1. The lowest BCUT2D eigenvalue weighted by Crippen LogP contribution is -2.28. The smallest absolute Gasteiger partial charge is 0.299 e. The minimum atomic E-state index is -4.49. The fourth-order valence-electron chi connectivity index (χ4n) is 2.58. The Kier molecular flexibility index (Phi) is 3.49. The highest BCUT2D eigenvalue weighted by Crippen LogP contribution is 2.38. The second-order valence-electron chi connectivity index (χ2n) is 4.77. The van der Waals surface area contributed by atoms with Crippen molar-refractivity contribution in [1.82, 2.24) is 4.90 Å². The van der Waals surface area contributed by atoms with Crippen molar-refractivity contribution in [3.63, 3.8) is 0 Å². The van der Waals surface area contributed by atoms with E-state index in [1.54, 1.807) is 11.9 Å². The van der Waals surface area contributed by atoms with Crippen LogP contribution in [-0.2, 0) is 6.18 Å². The lowest BCUT2D eigenvalue weighted by molar-refractivity contribution is -0.521. The Hall–Kier alpha value is -1.63. The van der Waals surface area contributed by atoms with Gasteiger partial charge in [-0.3, -0.25) is 15.0 Å². The van der Waals surface area contributed by atoms with Crippen molar-refractivity contribution in [2.45, 2.75) is 18.1 Å². The summed E-state index contributed by atoms with van der Waals surface area (Å²) in [6.07, 6.45) is -4.49. The normalized spacial score (nSPS) is 24.6. The van der Waals surface area contributed by atoms with E-state index < -0.39 is 28.6 Å². The zero-order valence-corrected chi connectivity index (χ0v) is 10.2. The highest BCUT2D eigenvalue weighted by molar-refractivity contribution is 5.34. The van der Waals surface area contributed by atoms with Crippen LogP contribution in [0.15, 0.2) is 24.3 Å². The molecule has 4 nitrogen and oxygen atoms in total. The van der Waals surface area contributed by atoms with Crippen LogP contribution in [0.25, 0.3) is 0 Å². The van der Waals surface area contributed by atoms with Crippen LogP contribution < -0.4 is 0 Å². The molecule has 1 saturated heterocycles. The lowest BCUT2D eigenvalue weighted by atomic mass is 9.90. The maximum absolute atomic E-state index is 12.9. The second-order valence-corrected chi connectivity index (χ2v) is 4.77. The Morgan fingerprint density at radius 3 is 2.53 bits per heavy atom. The van der Waals surface area contributed by atoms with Crippen LogP contribution in [-0.4, -0.2) is 36.0 Å². The van der Waals surface area contributed by atoms with E-state index in [2.05, 4.69) is 0 Å². The van der Waals surface area contributed by atoms with E-state index in [9.17, 15) is 23.3 Å². The SMILES string of the molecule is CN1CC(c2ccccc2C(F)(F)F)C([N+](=O)[O-])C1. The van der Waals surface area contributed by atoms with E-state index in [0.717, 1.165) is 6.07 Å². The first-order valence-corrected chi connectivity index (χ1v) is 5.79. The molecule has 0 bridgehead atoms. The predicted octanol–water partition coefficient (Wildman–Crippen LogP) is 2.38. The molecular weight excluding hydrogens is 261 g/mol. The first-order valence-electron chi connectivity index (χ1n) is 5.79. The van der Waals surface area contributed by atoms with Crippen molar-refractivity contribution in [3.8, 4) is 0 Å². The molecule has 2 rings (SSSR count). The summed E-state index contributed by atoms with van der Waals surface area (Å²) >= 11 is 0. The van der Waals surface area contributed by atoms with Crippen molar-refractivity contribution < 1.29 is 18.1 Å². The molecule has 0 saturated carbocycles. The maximum atomic E-state index is 12.9. The molecule has 0 N–H and O–H groups in total. The van der Waals surface area contributed by atoms with Crippen molar-refractivity contribution >= 4 is 0 Å². The third-order valence-corrected chi connectivity index (χ3v) is 3.41. The quantitative estimate of drug-likeness (QED) is 0.614. The molecular formula is C12H13F3N2O2. The second kappa shape index (κ2) is 4.80. The molecule has 1 aromatic carbocycles. The van der Waals surface area contributed by atoms with Crippen LogP contribution in [0.2, 0.25) is 0 Å². The number of hydrogen-bond acceptors (Lipinski definition) is 3. The zero-order chi connectivity index (χ0) is 14.2. The summed E-state index contributed by atoms with van der Waals surface area (Å²) < 4.78 is 38.8. The maximum Gasteiger partial charge on any atom is 0.416 e. The van der Waals surface area contributed by atoms with Gasteiger partial charge in [-0.25, -0.2) is 0 Å². The minimum absolute atomic E-state index is 0.0149. The van der Waals surface area contributed by atoms with Crippen molar-refractivity contribution in [3.05, 3.63) is 45.5 Å². The van der Waals surface area contributed by atoms with Crippen LogP contribution in [0.1, 0.15) is 17.0 Å². The van der Waals surface area contributed by atoms with Crippen molar-refractivity contribution in [2.24, 2.45) is 0 Å². The Labute approximate surface area is 108 Å². The van der Waals surface area contributed by atoms with Gasteiger partial charge in [0.05, 0.1) is 18.0 Å². The van der Waals surface area contributed by atoms with Crippen LogP contribution >= 0.6 is 0 Å². The van der Waals surface area contributed by atoms with Gasteiger partial charge in [-0.15, -0.1) is 0 Å². The molecule has 0 amide bonds. The van der Waals surface area contributed by atoms with E-state index in [-0.39, 0.29) is 18.7 Å². The number of rotatable bonds is 2. The average Bonchev–Trinajstić information content (AvgIpc) is 2.70. The van der Waals surface area contributed by atoms with Crippen LogP contribution in [0, 0.1) is 10.1 Å². The van der Waals surface area contributed by atoms with Gasteiger partial charge in [0.1, 0.15) is 0 Å². The molecule has 1 aromatic rings. The van der Waals surface area contributed by atoms with Gasteiger partial charge < -0.3 is 0 Å². The molecule has 0 aromatic heterocycles. The summed E-state index contributed by atoms with van der Waals surface area (Å²) in [5.74, 6) is -0.724. The summed E-state index contributed by atoms with van der Waals surface area (Å²) in [6, 6.07) is 4.10. The number of nitro groups is 1. The van der Waals surface area contributed by atoms with Crippen LogP contribution in [0.4, 0.5) is 13.2 Å². The van der Waals surface area contributed by atoms with Gasteiger partial charge in [0.2, 0.25) is 6.04 Å². The fraction of sp³-hybridized carbons (Fsp3) is 0.500. The monoisotopic (exact) mass is 274 g/mol. The minimum Gasteiger partial charge on any atom is -0.299 e. The number of nitrogens with zero attached hydrogens (tertiary/aromatic N) is 2. The molecule has 2 unspecified atom stereocenters. The van der Waals surface area contributed by atoms with Gasteiger partial charge in [0, 0.05) is 11.5 Å². The van der Waals surface area contributed by atoms with Gasteiger partial charge in [0.25, 0.3) is 0 Å². The summed E-state index contributed by atoms with van der Waals surface area (Å²) in [7, 11) is 1.67. The van der Waals surface area contributed by atoms with E-state index in [1.807, 2.05) is 0 Å². The van der Waals surface area contributed by atoms with Gasteiger partial charge in [-0.1, -0.05) is 18.2 Å². The molecule has 0 aliphatic carbocycles. The summed E-state index contributed by atoms with van der Waals surface area (Å²) in [5.41, 5.74) is -0.761. The van der Waals surface area contributed by atoms with Crippen molar-refractivity contribution in [2.75, 3.05) is 20.1 Å². The lowest BCUT2D eigenvalue weighted by Gasteiger charge is -2.18. The van der Waals surface area contributed by atoms with Crippen molar-refractivity contribution in [1.29, 1.82) is 0 Å². The fourth-order valence-corrected chi connectivity index (χ4v) is 2.58. The number of alkyl halides is 3. The van der Waals surface area contributed by atoms with Gasteiger partial charge >= 0.3 is 6.18 Å². The molecule has 104 valence electrons. The molecule has 1 aliphatic rings. The number of benzene rings is 1. The first kappa shape index (κ1) is 13.8. The standard InChI is InChI=1S/C12H13F3N2O2/c1-16-6-9(11(7-16)17(18)19)8-4-2-3-5-10(8)12(13,14)15/h2-5,9,11H,6-7H2,1H3. The Morgan fingerprint density at radius 2 is 1.95 bits per heavy atom. The summed E-state index contributed by atoms with van der Waals surface area (Å²) in [4.78, 5) is 12.2. The number of halogens is 3. The summed E-state index contributed by atoms with van der Waals surface area (Å²) in [6.45, 7) is 0.433. The molecule has 0 spiro atoms. The summed E-state index contributed by atoms with van der Waals surface area (Å²) in [5, 5.41) is 11.0. The number of hydrogen-bond donors (Lipinski definition) is 0. The van der Waals surface area contributed by atoms with Crippen LogP contribution in [0.5, 0.6) is 0 Å². The predicted molar refractivity (Wildman–Crippen MR) is 62.5 cm³/mol. The molecule has 1 aliphatic heterocycles. The zero-order valence-electron chi connectivity index (χ0n) is 10.2. The molecule has 1 heterocycles. The largest absolute Gasteiger partial charge is 0.416 e. The molecule has 1 fully saturated rings. The van der Waals surface area contributed by atoms with E-state index in [0.29, 0.717) is 0 Å². The van der Waals surface area contributed by atoms with E-state index >= 15 is 0 Å². The molecule has 0 radical (unpaired) electrons. The third kappa shape index (κ3) is 2.70. The van der Waals surface area contributed by atoms with Gasteiger partial charge in [-0.05, 0) is 18.7 Å². The Balaban J connectivity index is 2.44. The topological polar surface area (TPSA) is 46.4 Å². The van der Waals surface area contributed by atoms with E-state index in [4.69, 9.17) is 0 Å².